The van der Waals surface area contributed by atoms with Crippen LogP contribution in [0.15, 0.2) is 0 Å². The van der Waals surface area contributed by atoms with E-state index in [-0.39, 0.29) is 44.3 Å². The molecule has 0 aromatic rings. The van der Waals surface area contributed by atoms with Crippen molar-refractivity contribution in [2.24, 2.45) is 0 Å². The van der Waals surface area contributed by atoms with E-state index in [2.05, 4.69) is 14.1 Å². The van der Waals surface area contributed by atoms with E-state index in [0.717, 1.165) is 8.97 Å². The topological polar surface area (TPSA) is 0 Å². The summed E-state index contributed by atoms with van der Waals surface area (Å²) in [6.07, 6.45) is 0. The van der Waals surface area contributed by atoms with Crippen LogP contribution in [0.3, 0.4) is 0 Å². The molecule has 0 aliphatic heterocycles. The summed E-state index contributed by atoms with van der Waals surface area (Å²) in [5.74, 6) is 0. The number of hydrogen-bond donors (Lipinski definition) is 0. The van der Waals surface area contributed by atoms with Gasteiger partial charge in [-0.05, 0) is 0 Å². The summed E-state index contributed by atoms with van der Waals surface area (Å²) in [4.78, 5) is 0. The number of halogens is 2. The molecule has 0 aliphatic rings. The van der Waals surface area contributed by atoms with Crippen molar-refractivity contribution in [3.05, 3.63) is 14.1 Å². The van der Waals surface area contributed by atoms with E-state index in [1.165, 1.54) is 0 Å². The van der Waals surface area contributed by atoms with Crippen LogP contribution in [0.25, 0.3) is 0 Å². The van der Waals surface area contributed by atoms with Crippen molar-refractivity contribution >= 4 is 0 Å². The Labute approximate surface area is 109 Å². The van der Waals surface area contributed by atoms with E-state index in [0.29, 0.717) is 0 Å². The van der Waals surface area contributed by atoms with Gasteiger partial charge < -0.3 is 33.8 Å². The summed E-state index contributed by atoms with van der Waals surface area (Å²) >= 11 is 0. The molecule has 0 unspecified atom stereocenters. The maximum absolute atomic E-state index is 3.71. The summed E-state index contributed by atoms with van der Waals surface area (Å²) < 4.78 is 1.50. The summed E-state index contributed by atoms with van der Waals surface area (Å²) in [5.41, 5.74) is 0. The first kappa shape index (κ1) is 29.2. The molecule has 0 fully saturated rings. The van der Waals surface area contributed by atoms with E-state index in [1.807, 2.05) is 42.3 Å². The van der Waals surface area contributed by atoms with Gasteiger partial charge in [0.05, 0.1) is 0 Å². The van der Waals surface area contributed by atoms with Gasteiger partial charge in [-0.15, -0.1) is 14.1 Å². The molecule has 13 heavy (non-hydrogen) atoms. The number of nitrogens with zero attached hydrogens (tertiary/aromatic N) is 2. The predicted octanol–water partition coefficient (Wildman–Crippen LogP) is -5.03. The van der Waals surface area contributed by atoms with Crippen LogP contribution in [0.5, 0.6) is 0 Å². The monoisotopic (exact) mass is 280 g/mol. The Morgan fingerprint density at radius 2 is 0.615 bits per heavy atom. The maximum Gasteiger partial charge on any atom is 2.00 e. The Morgan fingerprint density at radius 3 is 0.615 bits per heavy atom. The zero-order valence-electron chi connectivity index (χ0n) is 9.77. The normalized spacial score (nSPS) is 9.23. The van der Waals surface area contributed by atoms with Gasteiger partial charge >= 0.3 is 19.5 Å². The third-order valence-electron chi connectivity index (χ3n) is 0. The molecule has 0 rings (SSSR count). The van der Waals surface area contributed by atoms with Gasteiger partial charge in [0.2, 0.25) is 0 Å². The molecule has 5 heteroatoms. The third kappa shape index (κ3) is 1290. The van der Waals surface area contributed by atoms with Crippen LogP contribution >= 0.6 is 0 Å². The van der Waals surface area contributed by atoms with Gasteiger partial charge in [0.15, 0.2) is 0 Å². The number of hydrogen-bond acceptors (Lipinski definition) is 0. The Kier molecular flexibility index (Phi) is 25.2. The Morgan fingerprint density at radius 1 is 0.615 bits per heavy atom. The summed E-state index contributed by atoms with van der Waals surface area (Å²) in [5, 5.41) is 0. The minimum absolute atomic E-state index is 0. The Hall–Kier alpha value is 1.12. The van der Waals surface area contributed by atoms with Crippen molar-refractivity contribution < 1.29 is 53.3 Å². The first-order chi connectivity index (χ1) is 4.00. The second kappa shape index (κ2) is 11.2. The van der Waals surface area contributed by atoms with Crippen LogP contribution in [0.2, 0.25) is 0 Å². The minimum atomic E-state index is 0. The van der Waals surface area contributed by atoms with E-state index in [9.17, 15) is 0 Å². The molecule has 2 nitrogen and oxygen atoms in total. The second-order valence-corrected chi connectivity index (χ2v) is 4.58. The Balaban J connectivity index is -0.0000000267. The van der Waals surface area contributed by atoms with Crippen molar-refractivity contribution in [3.8, 4) is 0 Å². The zero-order chi connectivity index (χ0) is 9.00. The number of rotatable bonds is 0. The molecular formula is C8H22Cl2N2Zn. The molecule has 0 aromatic heterocycles. The van der Waals surface area contributed by atoms with Crippen molar-refractivity contribution in [2.75, 3.05) is 42.3 Å². The molecule has 0 aromatic carbocycles. The fourth-order valence-electron chi connectivity index (χ4n) is 0. The van der Waals surface area contributed by atoms with Crippen molar-refractivity contribution in [3.63, 3.8) is 0 Å². The molecule has 0 atom stereocenters. The van der Waals surface area contributed by atoms with Gasteiger partial charge in [-0.2, -0.15) is 0 Å². The van der Waals surface area contributed by atoms with Gasteiger partial charge in [0.1, 0.15) is 0 Å². The zero-order valence-corrected chi connectivity index (χ0v) is 14.3. The van der Waals surface area contributed by atoms with E-state index < -0.39 is 0 Å². The van der Waals surface area contributed by atoms with Crippen LogP contribution in [-0.2, 0) is 19.5 Å². The fourth-order valence-corrected chi connectivity index (χ4v) is 0. The first-order valence-corrected chi connectivity index (χ1v) is 3.32. The molecule has 80 valence electrons. The molecule has 0 aliphatic carbocycles. The van der Waals surface area contributed by atoms with Gasteiger partial charge in [-0.25, -0.2) is 0 Å². The average molecular weight is 283 g/mol. The van der Waals surface area contributed by atoms with E-state index in [1.54, 1.807) is 0 Å². The predicted molar refractivity (Wildman–Crippen MR) is 46.8 cm³/mol. The third-order valence-corrected chi connectivity index (χ3v) is 0. The molecule has 0 radical (unpaired) electrons. The molecule has 0 N–H and O–H groups in total. The first-order valence-electron chi connectivity index (χ1n) is 3.32. The van der Waals surface area contributed by atoms with Crippen molar-refractivity contribution in [1.82, 2.24) is 0 Å². The average Bonchev–Trinajstić information content (AvgIpc) is 1.12. The SMILES string of the molecule is [CH2-][N+](C)(C)C.[CH2-][N+](C)(C)C.[Cl-].[Cl-].[Zn+2]. The largest absolute Gasteiger partial charge is 2.00 e. The van der Waals surface area contributed by atoms with Crippen LogP contribution in [0.4, 0.5) is 0 Å². The van der Waals surface area contributed by atoms with Crippen LogP contribution in [0.1, 0.15) is 0 Å². The molecule has 0 saturated heterocycles. The molecule has 0 bridgehead atoms. The van der Waals surface area contributed by atoms with E-state index >= 15 is 0 Å². The maximum atomic E-state index is 3.71. The van der Waals surface area contributed by atoms with Crippen LogP contribution in [-0.4, -0.2) is 51.3 Å². The quantitative estimate of drug-likeness (QED) is 0.237. The molecule has 0 heterocycles. The van der Waals surface area contributed by atoms with Crippen LogP contribution < -0.4 is 24.8 Å². The summed E-state index contributed by atoms with van der Waals surface area (Å²) in [7, 11) is 19.5. The molecule has 0 amide bonds. The molecular weight excluding hydrogens is 260 g/mol. The molecule has 0 saturated carbocycles. The van der Waals surface area contributed by atoms with Gasteiger partial charge in [0, 0.05) is 42.3 Å². The van der Waals surface area contributed by atoms with E-state index in [4.69, 9.17) is 0 Å². The second-order valence-electron chi connectivity index (χ2n) is 4.58. The number of quaternary nitrogens is 2. The minimum Gasteiger partial charge on any atom is -1.00 e. The molecule has 0 spiro atoms. The Bertz CT molecular complexity index is 63.1. The summed E-state index contributed by atoms with van der Waals surface area (Å²) in [6.45, 7) is 0. The fraction of sp³-hybridized carbons (Fsp3) is 0.750. The standard InChI is InChI=1S/2C4H11N.2ClH.Zn/c2*1-5(2,3)4;;;/h2*1H2,2-4H3;2*1H;/q;;;;+2/p-2. The summed E-state index contributed by atoms with van der Waals surface area (Å²) in [6, 6.07) is 0. The smallest absolute Gasteiger partial charge is 1.00 e. The van der Waals surface area contributed by atoms with Gasteiger partial charge in [0.25, 0.3) is 0 Å². The van der Waals surface area contributed by atoms with Gasteiger partial charge in [-0.1, -0.05) is 0 Å². The van der Waals surface area contributed by atoms with Crippen LogP contribution in [0, 0.1) is 14.1 Å². The van der Waals surface area contributed by atoms with Crippen molar-refractivity contribution in [1.29, 1.82) is 0 Å². The van der Waals surface area contributed by atoms with Gasteiger partial charge in [-0.3, -0.25) is 0 Å². The van der Waals surface area contributed by atoms with Crippen molar-refractivity contribution in [2.45, 2.75) is 0 Å².